The molecule has 1 aliphatic carbocycles. The molecule has 192 valence electrons. The molecule has 1 aliphatic heterocycles. The van der Waals surface area contributed by atoms with Crippen LogP contribution in [0.2, 0.25) is 0 Å². The number of aromatic nitrogens is 2. The van der Waals surface area contributed by atoms with Crippen LogP contribution in [0.3, 0.4) is 0 Å². The van der Waals surface area contributed by atoms with E-state index in [1.165, 1.54) is 0 Å². The molecular weight excluding hydrogens is 474 g/mol. The van der Waals surface area contributed by atoms with Gasteiger partial charge >= 0.3 is 0 Å². The lowest BCUT2D eigenvalue weighted by Gasteiger charge is -2.34. The zero-order valence-corrected chi connectivity index (χ0v) is 22.0. The van der Waals surface area contributed by atoms with Crippen molar-refractivity contribution < 1.29 is 9.53 Å². The average Bonchev–Trinajstić information content (AvgIpc) is 3.35. The molecule has 5 rings (SSSR count). The Morgan fingerprint density at radius 1 is 1.06 bits per heavy atom. The van der Waals surface area contributed by atoms with Gasteiger partial charge in [-0.05, 0) is 56.3 Å². The molecule has 36 heavy (non-hydrogen) atoms. The molecule has 1 saturated heterocycles. The van der Waals surface area contributed by atoms with Gasteiger partial charge in [0.2, 0.25) is 11.9 Å². The van der Waals surface area contributed by atoms with Gasteiger partial charge in [-0.3, -0.25) is 4.79 Å². The number of benzene rings is 1. The number of ether oxygens (including phenoxy) is 1. The van der Waals surface area contributed by atoms with Crippen molar-refractivity contribution in [2.24, 2.45) is 0 Å². The molecular formula is C26H35N7O2S. The topological polar surface area (TPSA) is 94.6 Å². The van der Waals surface area contributed by atoms with E-state index in [1.807, 2.05) is 17.5 Å². The number of piperazine rings is 1. The Morgan fingerprint density at radius 2 is 1.81 bits per heavy atom. The standard InChI is InChI=1S/C26H35N7O2S/c1-17(34)27-18-4-6-19(7-5-18)28-25-24-22(10-15-36-24)30-26(31-25)29-21-9-8-20(16-23(21)35-3)33-13-11-32(2)12-14-33/h8-10,15-16,18-19H,4-7,11-14H2,1-3H3,(H,27,34)(H2,28,29,30,31)/t18-,19+. The van der Waals surface area contributed by atoms with E-state index >= 15 is 0 Å². The molecule has 1 aromatic carbocycles. The first-order valence-electron chi connectivity index (χ1n) is 12.7. The first-order valence-corrected chi connectivity index (χ1v) is 13.5. The largest absolute Gasteiger partial charge is 0.494 e. The number of thiophene rings is 1. The highest BCUT2D eigenvalue weighted by Crippen LogP contribution is 2.34. The summed E-state index contributed by atoms with van der Waals surface area (Å²) in [6.07, 6.45) is 3.92. The Bertz CT molecular complexity index is 1200. The van der Waals surface area contributed by atoms with E-state index in [2.05, 4.69) is 44.9 Å². The van der Waals surface area contributed by atoms with Crippen LogP contribution in [0.15, 0.2) is 29.6 Å². The number of rotatable bonds is 7. The normalized spacial score (nSPS) is 20.8. The molecule has 10 heteroatoms. The lowest BCUT2D eigenvalue weighted by Crippen LogP contribution is -2.44. The second-order valence-electron chi connectivity index (χ2n) is 9.72. The summed E-state index contributed by atoms with van der Waals surface area (Å²) in [6.45, 7) is 5.71. The lowest BCUT2D eigenvalue weighted by atomic mass is 9.91. The third-order valence-electron chi connectivity index (χ3n) is 7.08. The minimum atomic E-state index is 0.0465. The highest BCUT2D eigenvalue weighted by molar-refractivity contribution is 7.17. The number of likely N-dealkylation sites (N-methyl/N-ethyl adjacent to an activating group) is 1. The first kappa shape index (κ1) is 24.6. The van der Waals surface area contributed by atoms with Crippen molar-refractivity contribution >= 4 is 50.6 Å². The van der Waals surface area contributed by atoms with Crippen molar-refractivity contribution in [3.8, 4) is 5.75 Å². The predicted octanol–water partition coefficient (Wildman–Crippen LogP) is 4.05. The van der Waals surface area contributed by atoms with Crippen molar-refractivity contribution in [3.63, 3.8) is 0 Å². The Morgan fingerprint density at radius 3 is 2.53 bits per heavy atom. The molecule has 0 radical (unpaired) electrons. The number of carbonyl (C=O) groups is 1. The molecule has 1 saturated carbocycles. The number of amides is 1. The van der Waals surface area contributed by atoms with Crippen LogP contribution < -0.4 is 25.6 Å². The van der Waals surface area contributed by atoms with Crippen LogP contribution in [0.1, 0.15) is 32.6 Å². The molecule has 0 spiro atoms. The van der Waals surface area contributed by atoms with Crippen molar-refractivity contribution in [1.82, 2.24) is 20.2 Å². The SMILES string of the molecule is COc1cc(N2CCN(C)CC2)ccc1Nc1nc(N[C@H]2CC[C@@H](NC(C)=O)CC2)c2sccc2n1. The van der Waals surface area contributed by atoms with E-state index < -0.39 is 0 Å². The number of methoxy groups -OCH3 is 1. The van der Waals surface area contributed by atoms with E-state index in [0.29, 0.717) is 12.0 Å². The molecule has 2 aromatic heterocycles. The highest BCUT2D eigenvalue weighted by Gasteiger charge is 2.23. The molecule has 0 bridgehead atoms. The minimum Gasteiger partial charge on any atom is -0.494 e. The van der Waals surface area contributed by atoms with Gasteiger partial charge < -0.3 is 30.5 Å². The number of hydrogen-bond donors (Lipinski definition) is 3. The zero-order valence-electron chi connectivity index (χ0n) is 21.2. The number of hydrogen-bond acceptors (Lipinski definition) is 9. The molecule has 2 fully saturated rings. The van der Waals surface area contributed by atoms with Crippen molar-refractivity contribution in [2.75, 3.05) is 55.9 Å². The van der Waals surface area contributed by atoms with Crippen LogP contribution >= 0.6 is 11.3 Å². The van der Waals surface area contributed by atoms with Crippen LogP contribution in [-0.2, 0) is 4.79 Å². The second kappa shape index (κ2) is 10.9. The molecule has 0 unspecified atom stereocenters. The number of nitrogens with one attached hydrogen (secondary N) is 3. The summed E-state index contributed by atoms with van der Waals surface area (Å²) in [5, 5.41) is 12.1. The zero-order chi connectivity index (χ0) is 25.1. The monoisotopic (exact) mass is 509 g/mol. The van der Waals surface area contributed by atoms with Gasteiger partial charge in [-0.1, -0.05) is 0 Å². The summed E-state index contributed by atoms with van der Waals surface area (Å²) in [4.78, 5) is 25.7. The van der Waals surface area contributed by atoms with Crippen LogP contribution in [-0.4, -0.2) is 73.2 Å². The summed E-state index contributed by atoms with van der Waals surface area (Å²) in [5.41, 5.74) is 2.92. The predicted molar refractivity (Wildman–Crippen MR) is 147 cm³/mol. The fraction of sp³-hybridized carbons (Fsp3) is 0.500. The van der Waals surface area contributed by atoms with Crippen LogP contribution in [0, 0.1) is 0 Å². The second-order valence-corrected chi connectivity index (χ2v) is 10.6. The summed E-state index contributed by atoms with van der Waals surface area (Å²) in [7, 11) is 3.86. The first-order chi connectivity index (χ1) is 17.5. The molecule has 2 aliphatic rings. The van der Waals surface area contributed by atoms with E-state index in [-0.39, 0.29) is 11.9 Å². The Balaban J connectivity index is 1.32. The van der Waals surface area contributed by atoms with Gasteiger partial charge in [0.05, 0.1) is 23.0 Å². The number of nitrogens with zero attached hydrogens (tertiary/aromatic N) is 4. The Hall–Kier alpha value is -3.11. The van der Waals surface area contributed by atoms with Gasteiger partial charge in [0.25, 0.3) is 0 Å². The van der Waals surface area contributed by atoms with Crippen molar-refractivity contribution in [1.29, 1.82) is 0 Å². The van der Waals surface area contributed by atoms with E-state index in [1.54, 1.807) is 25.4 Å². The molecule has 3 aromatic rings. The average molecular weight is 510 g/mol. The lowest BCUT2D eigenvalue weighted by molar-refractivity contribution is -0.119. The van der Waals surface area contributed by atoms with Crippen LogP contribution in [0.4, 0.5) is 23.1 Å². The maximum atomic E-state index is 11.4. The molecule has 0 atom stereocenters. The van der Waals surface area contributed by atoms with Gasteiger partial charge in [-0.15, -0.1) is 11.3 Å². The maximum Gasteiger partial charge on any atom is 0.229 e. The quantitative estimate of drug-likeness (QED) is 0.439. The fourth-order valence-electron chi connectivity index (χ4n) is 5.05. The summed E-state index contributed by atoms with van der Waals surface area (Å²) in [6, 6.07) is 8.88. The molecule has 3 heterocycles. The van der Waals surface area contributed by atoms with Gasteiger partial charge in [0.15, 0.2) is 0 Å². The van der Waals surface area contributed by atoms with Crippen LogP contribution in [0.25, 0.3) is 10.2 Å². The summed E-state index contributed by atoms with van der Waals surface area (Å²) in [5.74, 6) is 2.21. The molecule has 3 N–H and O–H groups in total. The summed E-state index contributed by atoms with van der Waals surface area (Å²) < 4.78 is 6.79. The third kappa shape index (κ3) is 5.65. The van der Waals surface area contributed by atoms with Crippen molar-refractivity contribution in [2.45, 2.75) is 44.7 Å². The smallest absolute Gasteiger partial charge is 0.229 e. The number of fused-ring (bicyclic) bond motifs is 1. The molecule has 9 nitrogen and oxygen atoms in total. The Labute approximate surface area is 216 Å². The van der Waals surface area contributed by atoms with Gasteiger partial charge in [0.1, 0.15) is 11.6 Å². The highest BCUT2D eigenvalue weighted by atomic mass is 32.1. The van der Waals surface area contributed by atoms with Gasteiger partial charge in [-0.2, -0.15) is 4.98 Å². The van der Waals surface area contributed by atoms with E-state index in [4.69, 9.17) is 14.7 Å². The van der Waals surface area contributed by atoms with Crippen molar-refractivity contribution in [3.05, 3.63) is 29.6 Å². The minimum absolute atomic E-state index is 0.0465. The number of carbonyl (C=O) groups excluding carboxylic acids is 1. The van der Waals surface area contributed by atoms with E-state index in [0.717, 1.165) is 85.0 Å². The summed E-state index contributed by atoms with van der Waals surface area (Å²) >= 11 is 1.65. The van der Waals surface area contributed by atoms with E-state index in [9.17, 15) is 4.79 Å². The maximum absolute atomic E-state index is 11.4. The Kier molecular flexibility index (Phi) is 7.43. The molecule has 1 amide bonds. The van der Waals surface area contributed by atoms with Gasteiger partial charge in [-0.25, -0.2) is 4.98 Å². The van der Waals surface area contributed by atoms with Crippen LogP contribution in [0.5, 0.6) is 5.75 Å². The third-order valence-corrected chi connectivity index (χ3v) is 7.99. The van der Waals surface area contributed by atoms with Gasteiger partial charge in [0, 0.05) is 56.9 Å². The number of anilines is 4. The fourth-order valence-corrected chi connectivity index (χ4v) is 5.83.